The summed E-state index contributed by atoms with van der Waals surface area (Å²) < 4.78 is 6.91. The van der Waals surface area contributed by atoms with Gasteiger partial charge in [-0.05, 0) is 31.2 Å². The Morgan fingerprint density at radius 1 is 1.11 bits per heavy atom. The minimum Gasteiger partial charge on any atom is -0.378 e. The minimum atomic E-state index is -0.0386. The predicted octanol–water partition coefficient (Wildman–Crippen LogP) is 1.22. The van der Waals surface area contributed by atoms with Crippen LogP contribution in [0.5, 0.6) is 0 Å². The lowest BCUT2D eigenvalue weighted by molar-refractivity contribution is -0.135. The fraction of sp³-hybridized carbons (Fsp3) is 0.579. The maximum atomic E-state index is 12.7. The summed E-state index contributed by atoms with van der Waals surface area (Å²) in [5.74, 6) is 0.694. The van der Waals surface area contributed by atoms with E-state index in [1.807, 2.05) is 9.80 Å². The van der Waals surface area contributed by atoms with E-state index in [2.05, 4.69) is 10.1 Å². The van der Waals surface area contributed by atoms with E-state index in [4.69, 9.17) is 4.74 Å². The van der Waals surface area contributed by atoms with Crippen molar-refractivity contribution in [1.82, 2.24) is 24.4 Å². The Balaban J connectivity index is 1.26. The average molecular weight is 371 g/mol. The molecular formula is C19H25N5O3. The second kappa shape index (κ2) is 8.04. The van der Waals surface area contributed by atoms with Gasteiger partial charge in [0.05, 0.1) is 13.2 Å². The first-order chi connectivity index (χ1) is 13.2. The molecule has 0 atom stereocenters. The summed E-state index contributed by atoms with van der Waals surface area (Å²) in [6.07, 6.45) is 6.85. The number of carbonyl (C=O) groups excluding carboxylic acids is 2. The Bertz CT molecular complexity index is 774. The number of ether oxygens (including phenoxy) is 1. The van der Waals surface area contributed by atoms with Crippen LogP contribution in [0.1, 0.15) is 36.2 Å². The summed E-state index contributed by atoms with van der Waals surface area (Å²) in [5.41, 5.74) is 1.12. The van der Waals surface area contributed by atoms with Crippen LogP contribution in [0.25, 0.3) is 5.65 Å². The van der Waals surface area contributed by atoms with Crippen molar-refractivity contribution < 1.29 is 14.3 Å². The van der Waals surface area contributed by atoms with Gasteiger partial charge in [0, 0.05) is 51.1 Å². The van der Waals surface area contributed by atoms with E-state index in [-0.39, 0.29) is 11.8 Å². The van der Waals surface area contributed by atoms with Gasteiger partial charge in [0.25, 0.3) is 5.91 Å². The van der Waals surface area contributed by atoms with Crippen LogP contribution in [0.3, 0.4) is 0 Å². The predicted molar refractivity (Wildman–Crippen MR) is 98.2 cm³/mol. The molecule has 0 radical (unpaired) electrons. The summed E-state index contributed by atoms with van der Waals surface area (Å²) >= 11 is 0. The summed E-state index contributed by atoms with van der Waals surface area (Å²) in [6.45, 7) is 4.14. The van der Waals surface area contributed by atoms with Crippen molar-refractivity contribution in [1.29, 1.82) is 0 Å². The Kier molecular flexibility index (Phi) is 5.33. The lowest BCUT2D eigenvalue weighted by Gasteiger charge is -2.32. The topological polar surface area (TPSA) is 80.0 Å². The Labute approximate surface area is 158 Å². The summed E-state index contributed by atoms with van der Waals surface area (Å²) in [7, 11) is 0. The Morgan fingerprint density at radius 2 is 1.89 bits per heavy atom. The third-order valence-corrected chi connectivity index (χ3v) is 5.49. The van der Waals surface area contributed by atoms with Gasteiger partial charge < -0.3 is 14.5 Å². The molecule has 0 bridgehead atoms. The molecule has 2 aromatic rings. The van der Waals surface area contributed by atoms with Crippen LogP contribution < -0.4 is 0 Å². The second-order valence-electron chi connectivity index (χ2n) is 7.22. The highest BCUT2D eigenvalue weighted by Crippen LogP contribution is 2.23. The molecule has 0 saturated carbocycles. The zero-order valence-corrected chi connectivity index (χ0v) is 15.4. The minimum absolute atomic E-state index is 0.0386. The third kappa shape index (κ3) is 4.10. The van der Waals surface area contributed by atoms with Gasteiger partial charge in [-0.3, -0.25) is 9.59 Å². The van der Waals surface area contributed by atoms with E-state index in [9.17, 15) is 9.59 Å². The van der Waals surface area contributed by atoms with Gasteiger partial charge in [-0.1, -0.05) is 0 Å². The van der Waals surface area contributed by atoms with Crippen molar-refractivity contribution in [2.75, 3.05) is 39.4 Å². The van der Waals surface area contributed by atoms with Crippen LogP contribution in [0.15, 0.2) is 24.5 Å². The molecule has 27 heavy (non-hydrogen) atoms. The number of hydrogen-bond acceptors (Lipinski definition) is 5. The van der Waals surface area contributed by atoms with Crippen LogP contribution >= 0.6 is 0 Å². The van der Waals surface area contributed by atoms with Crippen LogP contribution in [-0.2, 0) is 9.53 Å². The van der Waals surface area contributed by atoms with Crippen molar-refractivity contribution in [2.24, 2.45) is 5.92 Å². The number of nitrogens with zero attached hydrogens (tertiary/aromatic N) is 5. The van der Waals surface area contributed by atoms with Crippen LogP contribution in [-0.4, -0.2) is 75.6 Å². The first-order valence-electron chi connectivity index (χ1n) is 9.66. The second-order valence-corrected chi connectivity index (χ2v) is 7.22. The van der Waals surface area contributed by atoms with Gasteiger partial charge in [0.1, 0.15) is 0 Å². The normalized spacial score (nSPS) is 18.8. The molecule has 0 spiro atoms. The number of piperidine rings is 1. The summed E-state index contributed by atoms with van der Waals surface area (Å²) in [4.78, 5) is 32.9. The van der Waals surface area contributed by atoms with Gasteiger partial charge in [-0.15, -0.1) is 0 Å². The van der Waals surface area contributed by atoms with E-state index in [0.29, 0.717) is 50.0 Å². The molecule has 0 unspecified atom stereocenters. The molecule has 4 heterocycles. The number of likely N-dealkylation sites (tertiary alicyclic amines) is 1. The average Bonchev–Trinajstić information content (AvgIpc) is 3.17. The molecule has 2 aromatic heterocycles. The molecule has 2 aliphatic rings. The number of rotatable bonds is 4. The molecule has 8 heteroatoms. The zero-order valence-electron chi connectivity index (χ0n) is 15.4. The Hall–Kier alpha value is -2.48. The molecule has 2 aliphatic heterocycles. The van der Waals surface area contributed by atoms with E-state index >= 15 is 0 Å². The molecule has 0 aromatic carbocycles. The van der Waals surface area contributed by atoms with Crippen molar-refractivity contribution in [3.05, 3.63) is 30.2 Å². The van der Waals surface area contributed by atoms with E-state index in [1.54, 1.807) is 29.0 Å². The van der Waals surface area contributed by atoms with Crippen molar-refractivity contribution in [3.8, 4) is 0 Å². The molecule has 2 amide bonds. The third-order valence-electron chi connectivity index (χ3n) is 5.49. The molecule has 2 fully saturated rings. The standard InChI is InChI=1S/C19H25N5O3/c25-18(22-10-12-27-13-11-22)3-2-15-4-8-23(9-5-15)19(26)16-14-17-20-6-1-7-24(17)21-16/h1,6-7,14-15H,2-5,8-13H2. The van der Waals surface area contributed by atoms with Gasteiger partial charge in [-0.25, -0.2) is 9.50 Å². The van der Waals surface area contributed by atoms with Gasteiger partial charge in [0.15, 0.2) is 11.3 Å². The van der Waals surface area contributed by atoms with Gasteiger partial charge >= 0.3 is 0 Å². The van der Waals surface area contributed by atoms with Gasteiger partial charge in [-0.2, -0.15) is 5.10 Å². The maximum Gasteiger partial charge on any atom is 0.274 e. The highest BCUT2D eigenvalue weighted by atomic mass is 16.5. The number of hydrogen-bond donors (Lipinski definition) is 0. The van der Waals surface area contributed by atoms with Gasteiger partial charge in [0.2, 0.25) is 5.91 Å². The molecule has 0 N–H and O–H groups in total. The first-order valence-corrected chi connectivity index (χ1v) is 9.66. The lowest BCUT2D eigenvalue weighted by atomic mass is 9.91. The quantitative estimate of drug-likeness (QED) is 0.807. The fourth-order valence-corrected chi connectivity index (χ4v) is 3.82. The lowest BCUT2D eigenvalue weighted by Crippen LogP contribution is -2.41. The number of carbonyl (C=O) groups is 2. The van der Waals surface area contributed by atoms with Crippen LogP contribution in [0.2, 0.25) is 0 Å². The number of aromatic nitrogens is 3. The largest absolute Gasteiger partial charge is 0.378 e. The van der Waals surface area contributed by atoms with E-state index < -0.39 is 0 Å². The first kappa shape index (κ1) is 17.9. The molecule has 4 rings (SSSR count). The highest BCUT2D eigenvalue weighted by Gasteiger charge is 2.26. The SMILES string of the molecule is O=C(CCC1CCN(C(=O)c2cc3ncccn3n2)CC1)N1CCOCC1. The number of amides is 2. The van der Waals surface area contributed by atoms with Crippen molar-refractivity contribution in [2.45, 2.75) is 25.7 Å². The van der Waals surface area contributed by atoms with Crippen molar-refractivity contribution in [3.63, 3.8) is 0 Å². The number of morpholine rings is 1. The number of fused-ring (bicyclic) bond motifs is 1. The monoisotopic (exact) mass is 371 g/mol. The molecule has 0 aliphatic carbocycles. The summed E-state index contributed by atoms with van der Waals surface area (Å²) in [5, 5.41) is 4.32. The molecule has 144 valence electrons. The van der Waals surface area contributed by atoms with E-state index in [0.717, 1.165) is 32.4 Å². The van der Waals surface area contributed by atoms with Crippen LogP contribution in [0.4, 0.5) is 0 Å². The molecule has 2 saturated heterocycles. The Morgan fingerprint density at radius 3 is 2.63 bits per heavy atom. The van der Waals surface area contributed by atoms with Crippen molar-refractivity contribution >= 4 is 17.5 Å². The maximum absolute atomic E-state index is 12.7. The zero-order chi connectivity index (χ0) is 18.6. The molecular weight excluding hydrogens is 346 g/mol. The smallest absolute Gasteiger partial charge is 0.274 e. The molecule has 8 nitrogen and oxygen atoms in total. The fourth-order valence-electron chi connectivity index (χ4n) is 3.82. The summed E-state index contributed by atoms with van der Waals surface area (Å²) in [6, 6.07) is 3.52. The highest BCUT2D eigenvalue weighted by molar-refractivity contribution is 5.93. The van der Waals surface area contributed by atoms with Crippen LogP contribution in [0, 0.1) is 5.92 Å². The van der Waals surface area contributed by atoms with E-state index in [1.165, 1.54) is 0 Å².